The van der Waals surface area contributed by atoms with Gasteiger partial charge in [0.1, 0.15) is 4.21 Å². The fourth-order valence-corrected chi connectivity index (χ4v) is 4.61. The summed E-state index contributed by atoms with van der Waals surface area (Å²) in [4.78, 5) is 1.29. The lowest BCUT2D eigenvalue weighted by atomic mass is 10.6. The van der Waals surface area contributed by atoms with Crippen molar-refractivity contribution >= 4 is 37.3 Å². The fourth-order valence-electron chi connectivity index (χ4n) is 1.26. The van der Waals surface area contributed by atoms with Gasteiger partial charge in [0.05, 0.1) is 17.4 Å². The lowest BCUT2D eigenvalue weighted by molar-refractivity contribution is 0.457. The van der Waals surface area contributed by atoms with E-state index >= 15 is 0 Å². The molecule has 0 fully saturated rings. The molecule has 7 nitrogen and oxygen atoms in total. The van der Waals surface area contributed by atoms with E-state index in [1.807, 2.05) is 0 Å². The van der Waals surface area contributed by atoms with E-state index in [0.29, 0.717) is 5.82 Å². The summed E-state index contributed by atoms with van der Waals surface area (Å²) in [6, 6.07) is 3.26. The van der Waals surface area contributed by atoms with Gasteiger partial charge in [0.25, 0.3) is 10.0 Å². The van der Waals surface area contributed by atoms with Crippen LogP contribution >= 0.6 is 27.3 Å². The summed E-state index contributed by atoms with van der Waals surface area (Å²) in [5.74, 6) is 0.360. The number of halogens is 1. The van der Waals surface area contributed by atoms with Crippen molar-refractivity contribution in [1.29, 1.82) is 0 Å². The number of nitrogens with zero attached hydrogens (tertiary/aromatic N) is 5. The topological polar surface area (TPSA) is 81.0 Å². The molecule has 2 aromatic rings. The molecule has 0 unspecified atom stereocenters. The molecular formula is C8H10BrN5O2S2. The number of tetrazole rings is 1. The van der Waals surface area contributed by atoms with Gasteiger partial charge in [0.2, 0.25) is 0 Å². The number of aryl methyl sites for hydroxylation is 1. The molecule has 0 aliphatic heterocycles. The molecule has 2 rings (SSSR count). The Morgan fingerprint density at radius 2 is 2.22 bits per heavy atom. The third-order valence-corrected chi connectivity index (χ3v) is 6.02. The van der Waals surface area contributed by atoms with Crippen molar-refractivity contribution in [3.8, 4) is 0 Å². The Morgan fingerprint density at radius 1 is 1.50 bits per heavy atom. The Bertz CT molecular complexity index is 650. The van der Waals surface area contributed by atoms with Gasteiger partial charge in [-0.3, -0.25) is 0 Å². The second-order valence-corrected chi connectivity index (χ2v) is 8.25. The van der Waals surface area contributed by atoms with Crippen LogP contribution in [0.2, 0.25) is 0 Å². The molecular weight excluding hydrogens is 342 g/mol. The zero-order valence-electron chi connectivity index (χ0n) is 9.61. The fraction of sp³-hybridized carbons (Fsp3) is 0.375. The second-order valence-electron chi connectivity index (χ2n) is 3.51. The molecule has 0 N–H and O–H groups in total. The van der Waals surface area contributed by atoms with E-state index in [1.165, 1.54) is 16.1 Å². The Morgan fingerprint density at radius 3 is 2.72 bits per heavy atom. The zero-order chi connectivity index (χ0) is 13.3. The van der Waals surface area contributed by atoms with E-state index < -0.39 is 10.0 Å². The van der Waals surface area contributed by atoms with Crippen LogP contribution in [0.25, 0.3) is 0 Å². The molecule has 0 saturated heterocycles. The molecule has 2 aromatic heterocycles. The molecule has 0 amide bonds. The number of aromatic nitrogens is 4. The maximum Gasteiger partial charge on any atom is 0.252 e. The van der Waals surface area contributed by atoms with Crippen LogP contribution in [0.1, 0.15) is 5.82 Å². The predicted molar refractivity (Wildman–Crippen MR) is 69.5 cm³/mol. The summed E-state index contributed by atoms with van der Waals surface area (Å²) in [6.45, 7) is 0.0890. The van der Waals surface area contributed by atoms with Crippen molar-refractivity contribution in [3.63, 3.8) is 0 Å². The lowest BCUT2D eigenvalue weighted by Crippen LogP contribution is -2.26. The Kier molecular flexibility index (Phi) is 3.80. The minimum Gasteiger partial charge on any atom is -0.206 e. The van der Waals surface area contributed by atoms with Gasteiger partial charge in [0.15, 0.2) is 5.82 Å². The third-order valence-electron chi connectivity index (χ3n) is 2.13. The predicted octanol–water partition coefficient (Wildman–Crippen LogP) is 0.855. The first kappa shape index (κ1) is 13.6. The maximum atomic E-state index is 12.2. The van der Waals surface area contributed by atoms with Gasteiger partial charge in [-0.25, -0.2) is 8.42 Å². The molecule has 0 aliphatic rings. The van der Waals surface area contributed by atoms with Crippen molar-refractivity contribution in [2.24, 2.45) is 7.05 Å². The van der Waals surface area contributed by atoms with E-state index in [4.69, 9.17) is 0 Å². The first-order valence-corrected chi connectivity index (χ1v) is 7.89. The standard InChI is InChI=1S/C8H10BrN5O2S2/c1-13(5-7-10-12-14(2)11-7)18(15,16)8-4-3-6(9)17-8/h3-4H,5H2,1-2H3. The van der Waals surface area contributed by atoms with Crippen molar-refractivity contribution in [2.75, 3.05) is 7.05 Å². The largest absolute Gasteiger partial charge is 0.252 e. The van der Waals surface area contributed by atoms with Gasteiger partial charge in [0, 0.05) is 7.05 Å². The summed E-state index contributed by atoms with van der Waals surface area (Å²) in [5.41, 5.74) is 0. The Balaban J connectivity index is 2.20. The van der Waals surface area contributed by atoms with Crippen LogP contribution in [0.4, 0.5) is 0 Å². The highest BCUT2D eigenvalue weighted by atomic mass is 79.9. The number of sulfonamides is 1. The molecule has 0 atom stereocenters. The number of hydrogen-bond acceptors (Lipinski definition) is 6. The monoisotopic (exact) mass is 351 g/mol. The van der Waals surface area contributed by atoms with Gasteiger partial charge in [-0.1, -0.05) is 0 Å². The number of hydrogen-bond donors (Lipinski definition) is 0. The van der Waals surface area contributed by atoms with Crippen LogP contribution in [0, 0.1) is 0 Å². The van der Waals surface area contributed by atoms with Gasteiger partial charge < -0.3 is 0 Å². The van der Waals surface area contributed by atoms with Crippen LogP contribution in [0.3, 0.4) is 0 Å². The van der Waals surface area contributed by atoms with Crippen LogP contribution in [-0.4, -0.2) is 40.0 Å². The van der Waals surface area contributed by atoms with Crippen molar-refractivity contribution < 1.29 is 8.42 Å². The highest BCUT2D eigenvalue weighted by molar-refractivity contribution is 9.11. The number of rotatable bonds is 4. The molecule has 10 heteroatoms. The zero-order valence-corrected chi connectivity index (χ0v) is 12.8. The van der Waals surface area contributed by atoms with E-state index in [9.17, 15) is 8.42 Å². The molecule has 2 heterocycles. The molecule has 0 saturated carbocycles. The molecule has 18 heavy (non-hydrogen) atoms. The van der Waals surface area contributed by atoms with E-state index in [2.05, 4.69) is 31.3 Å². The first-order valence-electron chi connectivity index (χ1n) is 4.84. The molecule has 0 aromatic carbocycles. The molecule has 0 spiro atoms. The lowest BCUT2D eigenvalue weighted by Gasteiger charge is -2.13. The van der Waals surface area contributed by atoms with Gasteiger partial charge in [-0.05, 0) is 33.3 Å². The van der Waals surface area contributed by atoms with Gasteiger partial charge in [-0.15, -0.1) is 21.5 Å². The molecule has 0 radical (unpaired) electrons. The van der Waals surface area contributed by atoms with Gasteiger partial charge >= 0.3 is 0 Å². The third kappa shape index (κ3) is 2.76. The van der Waals surface area contributed by atoms with Crippen LogP contribution in [0.15, 0.2) is 20.1 Å². The first-order chi connectivity index (χ1) is 8.39. The Hall–Kier alpha value is -0.840. The van der Waals surface area contributed by atoms with Gasteiger partial charge in [-0.2, -0.15) is 9.10 Å². The number of thiophene rings is 1. The summed E-state index contributed by atoms with van der Waals surface area (Å²) in [7, 11) is -0.390. The van der Waals surface area contributed by atoms with E-state index in [0.717, 1.165) is 15.1 Å². The SMILES string of the molecule is CN(Cc1nnn(C)n1)S(=O)(=O)c1ccc(Br)s1. The van der Waals surface area contributed by atoms with Crippen molar-refractivity contribution in [1.82, 2.24) is 24.5 Å². The van der Waals surface area contributed by atoms with E-state index in [1.54, 1.807) is 19.2 Å². The average Bonchev–Trinajstić information content (AvgIpc) is 2.88. The molecule has 98 valence electrons. The summed E-state index contributed by atoms with van der Waals surface area (Å²) in [5, 5.41) is 11.4. The smallest absolute Gasteiger partial charge is 0.206 e. The highest BCUT2D eigenvalue weighted by Crippen LogP contribution is 2.28. The summed E-state index contributed by atoms with van der Waals surface area (Å²) >= 11 is 4.41. The van der Waals surface area contributed by atoms with Crippen molar-refractivity contribution in [2.45, 2.75) is 10.8 Å². The maximum absolute atomic E-state index is 12.2. The summed E-state index contributed by atoms with van der Waals surface area (Å²) < 4.78 is 26.6. The highest BCUT2D eigenvalue weighted by Gasteiger charge is 2.24. The normalized spacial score (nSPS) is 12.2. The van der Waals surface area contributed by atoms with Crippen molar-refractivity contribution in [3.05, 3.63) is 21.7 Å². The molecule has 0 aliphatic carbocycles. The summed E-state index contributed by atoms with van der Waals surface area (Å²) in [6.07, 6.45) is 0. The van der Waals surface area contributed by atoms with Crippen LogP contribution in [0.5, 0.6) is 0 Å². The second kappa shape index (κ2) is 5.03. The van der Waals surface area contributed by atoms with Crippen LogP contribution < -0.4 is 0 Å². The minimum absolute atomic E-state index is 0.0890. The Labute approximate surface area is 117 Å². The van der Waals surface area contributed by atoms with Crippen LogP contribution in [-0.2, 0) is 23.6 Å². The quantitative estimate of drug-likeness (QED) is 0.815. The minimum atomic E-state index is -3.50. The molecule has 0 bridgehead atoms. The van der Waals surface area contributed by atoms with E-state index in [-0.39, 0.29) is 10.8 Å². The average molecular weight is 352 g/mol.